The van der Waals surface area contributed by atoms with Gasteiger partial charge in [-0.25, -0.2) is 4.68 Å². The maximum atomic E-state index is 5.31. The molecule has 3 heterocycles. The van der Waals surface area contributed by atoms with Gasteiger partial charge in [0, 0.05) is 32.7 Å². The van der Waals surface area contributed by atoms with Gasteiger partial charge in [0.25, 0.3) is 0 Å². The largest absolute Gasteiger partial charge is 0.497 e. The van der Waals surface area contributed by atoms with Crippen LogP contribution in [0.4, 0.5) is 11.8 Å². The van der Waals surface area contributed by atoms with Crippen molar-refractivity contribution >= 4 is 22.8 Å². The summed E-state index contributed by atoms with van der Waals surface area (Å²) in [5.74, 6) is 2.37. The van der Waals surface area contributed by atoms with Crippen molar-refractivity contribution in [3.63, 3.8) is 0 Å². The summed E-state index contributed by atoms with van der Waals surface area (Å²) in [6, 6.07) is 18.6. The number of nitrogens with one attached hydrogen (secondary N) is 1. The number of hydrogen-bond donors (Lipinski definition) is 1. The maximum Gasteiger partial charge on any atom is 0.227 e. The number of anilines is 2. The Morgan fingerprint density at radius 3 is 2.47 bits per heavy atom. The van der Waals surface area contributed by atoms with Crippen molar-refractivity contribution in [2.45, 2.75) is 32.5 Å². The number of rotatable bonds is 9. The highest BCUT2D eigenvalue weighted by atomic mass is 16.5. The lowest BCUT2D eigenvalue weighted by Gasteiger charge is -2.28. The third-order valence-corrected chi connectivity index (χ3v) is 6.06. The van der Waals surface area contributed by atoms with E-state index in [0.717, 1.165) is 47.8 Å². The molecule has 0 radical (unpaired) electrons. The van der Waals surface area contributed by atoms with Gasteiger partial charge < -0.3 is 19.7 Å². The minimum Gasteiger partial charge on any atom is -0.497 e. The van der Waals surface area contributed by atoms with Crippen molar-refractivity contribution in [2.24, 2.45) is 0 Å². The molecule has 1 atom stereocenters. The fourth-order valence-electron chi connectivity index (χ4n) is 4.42. The Balaban J connectivity index is 1.54. The van der Waals surface area contributed by atoms with E-state index in [2.05, 4.69) is 53.5 Å². The molecule has 34 heavy (non-hydrogen) atoms. The molecule has 0 bridgehead atoms. The fraction of sp³-hybridized carbons (Fsp3) is 0.346. The van der Waals surface area contributed by atoms with Gasteiger partial charge in [0.05, 0.1) is 31.3 Å². The van der Waals surface area contributed by atoms with Gasteiger partial charge in [-0.15, -0.1) is 0 Å². The van der Waals surface area contributed by atoms with E-state index in [1.807, 2.05) is 22.9 Å². The molecular formula is C26H30N6O2. The zero-order valence-corrected chi connectivity index (χ0v) is 19.9. The molecule has 0 spiro atoms. The van der Waals surface area contributed by atoms with E-state index in [4.69, 9.17) is 24.5 Å². The van der Waals surface area contributed by atoms with Crippen LogP contribution in [-0.2, 0) is 24.2 Å². The molecule has 2 aromatic heterocycles. The van der Waals surface area contributed by atoms with E-state index in [1.54, 1.807) is 14.2 Å². The average molecular weight is 459 g/mol. The number of aromatic nitrogens is 4. The highest BCUT2D eigenvalue weighted by molar-refractivity contribution is 5.92. The van der Waals surface area contributed by atoms with Crippen LogP contribution in [0.2, 0.25) is 0 Å². The van der Waals surface area contributed by atoms with Gasteiger partial charge in [-0.2, -0.15) is 15.1 Å². The van der Waals surface area contributed by atoms with Crippen LogP contribution in [0, 0.1) is 0 Å². The lowest BCUT2D eigenvalue weighted by molar-refractivity contribution is 0.190. The summed E-state index contributed by atoms with van der Waals surface area (Å²) in [5.41, 5.74) is 4.31. The molecule has 0 saturated carbocycles. The summed E-state index contributed by atoms with van der Waals surface area (Å²) in [6.45, 7) is 4.90. The number of benzene rings is 2. The van der Waals surface area contributed by atoms with Gasteiger partial charge in [-0.1, -0.05) is 42.5 Å². The molecule has 8 heteroatoms. The molecule has 1 aliphatic heterocycles. The lowest BCUT2D eigenvalue weighted by Crippen LogP contribution is -2.30. The first-order chi connectivity index (χ1) is 16.6. The average Bonchev–Trinajstić information content (AvgIpc) is 3.20. The molecule has 0 fully saturated rings. The standard InChI is InChI=1S/C26H30N6O2/c1-18(17-33-2)27-26-28-24-23-22(13-14-31(24)15-20-9-11-21(34-3)12-10-20)30-32(25(23)29-26)16-19-7-5-4-6-8-19/h4-12,18H,13-17H2,1-3H3,(H,27,28,29). The topological polar surface area (TPSA) is 77.3 Å². The Morgan fingerprint density at radius 2 is 1.74 bits per heavy atom. The molecule has 8 nitrogen and oxygen atoms in total. The first-order valence-corrected chi connectivity index (χ1v) is 11.6. The highest BCUT2D eigenvalue weighted by Crippen LogP contribution is 2.34. The van der Waals surface area contributed by atoms with Gasteiger partial charge in [-0.05, 0) is 30.2 Å². The summed E-state index contributed by atoms with van der Waals surface area (Å²) in [4.78, 5) is 12.2. The van der Waals surface area contributed by atoms with Crippen LogP contribution < -0.4 is 15.0 Å². The van der Waals surface area contributed by atoms with Crippen LogP contribution in [0.25, 0.3) is 11.0 Å². The number of nitrogens with zero attached hydrogens (tertiary/aromatic N) is 5. The van der Waals surface area contributed by atoms with Crippen molar-refractivity contribution < 1.29 is 9.47 Å². The van der Waals surface area contributed by atoms with Gasteiger partial charge >= 0.3 is 0 Å². The number of ether oxygens (including phenoxy) is 2. The molecule has 1 unspecified atom stereocenters. The van der Waals surface area contributed by atoms with Gasteiger partial charge in [0.1, 0.15) is 11.6 Å². The second-order valence-corrected chi connectivity index (χ2v) is 8.68. The summed E-state index contributed by atoms with van der Waals surface area (Å²) in [5, 5.41) is 9.40. The Bertz CT molecular complexity index is 1260. The zero-order chi connectivity index (χ0) is 23.5. The van der Waals surface area contributed by atoms with Crippen LogP contribution in [0.1, 0.15) is 23.7 Å². The monoisotopic (exact) mass is 458 g/mol. The Kier molecular flexibility index (Phi) is 6.31. The summed E-state index contributed by atoms with van der Waals surface area (Å²) in [7, 11) is 3.38. The SMILES string of the molecule is COCC(C)Nc1nc2c3c(nn(Cc4ccccc4)c3n1)CCN2Cc1ccc(OC)cc1. The first kappa shape index (κ1) is 22.2. The molecule has 1 N–H and O–H groups in total. The van der Waals surface area contributed by atoms with Crippen LogP contribution >= 0.6 is 0 Å². The van der Waals surface area contributed by atoms with Crippen molar-refractivity contribution in [1.29, 1.82) is 0 Å². The van der Waals surface area contributed by atoms with E-state index in [0.29, 0.717) is 19.1 Å². The first-order valence-electron chi connectivity index (χ1n) is 11.6. The van der Waals surface area contributed by atoms with E-state index >= 15 is 0 Å². The zero-order valence-electron chi connectivity index (χ0n) is 19.9. The van der Waals surface area contributed by atoms with Gasteiger partial charge in [0.2, 0.25) is 5.95 Å². The number of methoxy groups -OCH3 is 2. The molecule has 0 amide bonds. The third kappa shape index (κ3) is 4.54. The molecular weight excluding hydrogens is 428 g/mol. The van der Waals surface area contributed by atoms with Gasteiger partial charge in [-0.3, -0.25) is 0 Å². The Labute approximate surface area is 199 Å². The molecule has 4 aromatic rings. The third-order valence-electron chi connectivity index (χ3n) is 6.06. The molecule has 1 aliphatic rings. The molecule has 2 aromatic carbocycles. The lowest BCUT2D eigenvalue weighted by atomic mass is 10.1. The van der Waals surface area contributed by atoms with Crippen LogP contribution in [0.3, 0.4) is 0 Å². The second-order valence-electron chi connectivity index (χ2n) is 8.68. The normalized spacial score (nSPS) is 13.8. The van der Waals surface area contributed by atoms with E-state index < -0.39 is 0 Å². The smallest absolute Gasteiger partial charge is 0.227 e. The highest BCUT2D eigenvalue weighted by Gasteiger charge is 2.27. The molecule has 0 saturated heterocycles. The van der Waals surface area contributed by atoms with Crippen LogP contribution in [-0.4, -0.2) is 53.2 Å². The Morgan fingerprint density at radius 1 is 0.971 bits per heavy atom. The van der Waals surface area contributed by atoms with E-state index in [9.17, 15) is 0 Å². The van der Waals surface area contributed by atoms with Crippen molar-refractivity contribution in [1.82, 2.24) is 19.7 Å². The van der Waals surface area contributed by atoms with Crippen molar-refractivity contribution in [2.75, 3.05) is 37.6 Å². The van der Waals surface area contributed by atoms with E-state index in [-0.39, 0.29) is 6.04 Å². The molecule has 5 rings (SSSR count). The quantitative estimate of drug-likeness (QED) is 0.408. The van der Waals surface area contributed by atoms with Crippen molar-refractivity contribution in [3.05, 3.63) is 71.4 Å². The summed E-state index contributed by atoms with van der Waals surface area (Å²) in [6.07, 6.45) is 0.859. The maximum absolute atomic E-state index is 5.31. The van der Waals surface area contributed by atoms with Crippen LogP contribution in [0.15, 0.2) is 54.6 Å². The summed E-state index contributed by atoms with van der Waals surface area (Å²) >= 11 is 0. The molecule has 0 aliphatic carbocycles. The van der Waals surface area contributed by atoms with E-state index in [1.165, 1.54) is 11.1 Å². The molecule has 176 valence electrons. The predicted octanol–water partition coefficient (Wildman–Crippen LogP) is 3.89. The second kappa shape index (κ2) is 9.69. The number of hydrogen-bond acceptors (Lipinski definition) is 7. The van der Waals surface area contributed by atoms with Crippen LogP contribution in [0.5, 0.6) is 5.75 Å². The Hall–Kier alpha value is -3.65. The predicted molar refractivity (Wildman–Crippen MR) is 134 cm³/mol. The minimum absolute atomic E-state index is 0.0817. The fourth-order valence-corrected chi connectivity index (χ4v) is 4.42. The van der Waals surface area contributed by atoms with Gasteiger partial charge in [0.15, 0.2) is 5.65 Å². The minimum atomic E-state index is 0.0817. The van der Waals surface area contributed by atoms with Crippen molar-refractivity contribution in [3.8, 4) is 5.75 Å². The summed E-state index contributed by atoms with van der Waals surface area (Å²) < 4.78 is 12.6.